The van der Waals surface area contributed by atoms with Crippen molar-refractivity contribution in [3.63, 3.8) is 0 Å². The third-order valence-electron chi connectivity index (χ3n) is 5.53. The van der Waals surface area contributed by atoms with Gasteiger partial charge in [0.25, 0.3) is 0 Å². The Labute approximate surface area is 163 Å². The molecule has 1 atom stereocenters. The van der Waals surface area contributed by atoms with Gasteiger partial charge in [0.15, 0.2) is 0 Å². The number of benzene rings is 3. The van der Waals surface area contributed by atoms with E-state index in [4.69, 9.17) is 9.15 Å². The van der Waals surface area contributed by atoms with E-state index in [9.17, 15) is 4.79 Å². The average molecular weight is 371 g/mol. The number of hydrogen-bond donors (Lipinski definition) is 0. The Morgan fingerprint density at radius 1 is 0.929 bits per heavy atom. The SMILES string of the molecule is CC(CN1COc2ccc3c(oc(=O)c4ccccc43)c2C1)c1ccccc1. The summed E-state index contributed by atoms with van der Waals surface area (Å²) in [6, 6.07) is 22.1. The minimum Gasteiger partial charge on any atom is -0.478 e. The first-order valence-electron chi connectivity index (χ1n) is 9.58. The molecular weight excluding hydrogens is 350 g/mol. The van der Waals surface area contributed by atoms with E-state index < -0.39 is 0 Å². The molecule has 2 heterocycles. The summed E-state index contributed by atoms with van der Waals surface area (Å²) in [4.78, 5) is 14.8. The van der Waals surface area contributed by atoms with Gasteiger partial charge in [0.2, 0.25) is 0 Å². The fourth-order valence-electron chi connectivity index (χ4n) is 4.09. The lowest BCUT2D eigenvalue weighted by Crippen LogP contribution is -2.34. The molecule has 1 unspecified atom stereocenters. The molecule has 140 valence electrons. The van der Waals surface area contributed by atoms with Crippen LogP contribution >= 0.6 is 0 Å². The lowest BCUT2D eigenvalue weighted by molar-refractivity contribution is 0.0909. The number of nitrogens with zero attached hydrogens (tertiary/aromatic N) is 1. The maximum absolute atomic E-state index is 12.5. The maximum Gasteiger partial charge on any atom is 0.344 e. The molecule has 0 saturated heterocycles. The molecule has 0 saturated carbocycles. The van der Waals surface area contributed by atoms with Gasteiger partial charge in [0.1, 0.15) is 18.1 Å². The van der Waals surface area contributed by atoms with Crippen LogP contribution in [0.4, 0.5) is 0 Å². The van der Waals surface area contributed by atoms with Crippen molar-refractivity contribution in [1.29, 1.82) is 0 Å². The van der Waals surface area contributed by atoms with Gasteiger partial charge < -0.3 is 9.15 Å². The molecule has 1 aliphatic rings. The zero-order valence-electron chi connectivity index (χ0n) is 15.7. The van der Waals surface area contributed by atoms with Crippen LogP contribution in [0.5, 0.6) is 5.75 Å². The van der Waals surface area contributed by atoms with Gasteiger partial charge >= 0.3 is 5.63 Å². The molecule has 0 aliphatic carbocycles. The summed E-state index contributed by atoms with van der Waals surface area (Å²) in [5.41, 5.74) is 2.60. The van der Waals surface area contributed by atoms with Crippen molar-refractivity contribution in [2.24, 2.45) is 0 Å². The number of fused-ring (bicyclic) bond motifs is 5. The van der Waals surface area contributed by atoms with Crippen molar-refractivity contribution in [3.05, 3.63) is 88.3 Å². The van der Waals surface area contributed by atoms with E-state index in [1.54, 1.807) is 0 Å². The molecule has 3 aromatic carbocycles. The van der Waals surface area contributed by atoms with Crippen LogP contribution in [0.3, 0.4) is 0 Å². The molecular formula is C24H21NO3. The summed E-state index contributed by atoms with van der Waals surface area (Å²) >= 11 is 0. The van der Waals surface area contributed by atoms with Gasteiger partial charge in [-0.05, 0) is 35.1 Å². The number of rotatable bonds is 3. The summed E-state index contributed by atoms with van der Waals surface area (Å²) in [7, 11) is 0. The minimum atomic E-state index is -0.300. The van der Waals surface area contributed by atoms with Gasteiger partial charge in [0.05, 0.1) is 10.9 Å². The zero-order chi connectivity index (χ0) is 19.1. The Morgan fingerprint density at radius 3 is 2.50 bits per heavy atom. The molecule has 0 radical (unpaired) electrons. The standard InChI is InChI=1S/C24H21NO3/c1-16(17-7-3-2-4-8-17)13-25-14-21-22(27-15-25)12-11-19-18-9-5-6-10-20(18)24(26)28-23(19)21/h2-12,16H,13-15H2,1H3. The predicted octanol–water partition coefficient (Wildman–Crippen LogP) is 4.90. The van der Waals surface area contributed by atoms with Crippen LogP contribution in [-0.4, -0.2) is 18.2 Å². The lowest BCUT2D eigenvalue weighted by Gasteiger charge is -2.31. The van der Waals surface area contributed by atoms with Gasteiger partial charge in [0, 0.05) is 18.5 Å². The van der Waals surface area contributed by atoms with Crippen molar-refractivity contribution < 1.29 is 9.15 Å². The van der Waals surface area contributed by atoms with E-state index in [1.165, 1.54) is 5.56 Å². The van der Waals surface area contributed by atoms with Crippen LogP contribution < -0.4 is 10.4 Å². The molecule has 0 spiro atoms. The van der Waals surface area contributed by atoms with Crippen LogP contribution in [-0.2, 0) is 6.54 Å². The van der Waals surface area contributed by atoms with Gasteiger partial charge in [-0.15, -0.1) is 0 Å². The zero-order valence-corrected chi connectivity index (χ0v) is 15.7. The molecule has 4 heteroatoms. The van der Waals surface area contributed by atoms with Crippen molar-refractivity contribution in [1.82, 2.24) is 4.90 Å². The third-order valence-corrected chi connectivity index (χ3v) is 5.53. The summed E-state index contributed by atoms with van der Waals surface area (Å²) in [6.07, 6.45) is 0. The average Bonchev–Trinajstić information content (AvgIpc) is 2.74. The maximum atomic E-state index is 12.5. The van der Waals surface area contributed by atoms with E-state index in [2.05, 4.69) is 36.1 Å². The number of hydrogen-bond acceptors (Lipinski definition) is 4. The highest BCUT2D eigenvalue weighted by Crippen LogP contribution is 2.35. The fourth-order valence-corrected chi connectivity index (χ4v) is 4.09. The Balaban J connectivity index is 1.53. The summed E-state index contributed by atoms with van der Waals surface area (Å²) < 4.78 is 11.7. The van der Waals surface area contributed by atoms with Crippen LogP contribution in [0.15, 0.2) is 75.9 Å². The van der Waals surface area contributed by atoms with Crippen molar-refractivity contribution in [2.75, 3.05) is 13.3 Å². The predicted molar refractivity (Wildman–Crippen MR) is 111 cm³/mol. The molecule has 28 heavy (non-hydrogen) atoms. The van der Waals surface area contributed by atoms with Crippen molar-refractivity contribution in [2.45, 2.75) is 19.4 Å². The van der Waals surface area contributed by atoms with Crippen molar-refractivity contribution in [3.8, 4) is 5.75 Å². The molecule has 0 N–H and O–H groups in total. The van der Waals surface area contributed by atoms with E-state index in [-0.39, 0.29) is 5.63 Å². The van der Waals surface area contributed by atoms with Gasteiger partial charge in [-0.25, -0.2) is 4.79 Å². The second kappa shape index (κ2) is 6.80. The molecule has 1 aliphatic heterocycles. The van der Waals surface area contributed by atoms with Gasteiger partial charge in [-0.3, -0.25) is 4.90 Å². The molecule has 4 aromatic rings. The smallest absolute Gasteiger partial charge is 0.344 e. The molecule has 0 fully saturated rings. The monoisotopic (exact) mass is 371 g/mol. The highest BCUT2D eigenvalue weighted by atomic mass is 16.5. The number of ether oxygens (including phenoxy) is 1. The van der Waals surface area contributed by atoms with E-state index in [1.807, 2.05) is 42.5 Å². The summed E-state index contributed by atoms with van der Waals surface area (Å²) in [6.45, 7) is 4.33. The first-order valence-corrected chi connectivity index (χ1v) is 9.58. The van der Waals surface area contributed by atoms with Crippen LogP contribution in [0, 0.1) is 0 Å². The van der Waals surface area contributed by atoms with Gasteiger partial charge in [-0.2, -0.15) is 0 Å². The van der Waals surface area contributed by atoms with E-state index in [0.717, 1.165) is 28.6 Å². The van der Waals surface area contributed by atoms with Crippen LogP contribution in [0.2, 0.25) is 0 Å². The topological polar surface area (TPSA) is 42.7 Å². The van der Waals surface area contributed by atoms with E-state index >= 15 is 0 Å². The molecule has 5 rings (SSSR count). The Hall–Kier alpha value is -3.11. The first-order chi connectivity index (χ1) is 13.7. The highest BCUT2D eigenvalue weighted by Gasteiger charge is 2.23. The highest BCUT2D eigenvalue weighted by molar-refractivity contribution is 6.05. The third kappa shape index (κ3) is 2.86. The first kappa shape index (κ1) is 17.0. The van der Waals surface area contributed by atoms with Gasteiger partial charge in [-0.1, -0.05) is 55.5 Å². The Morgan fingerprint density at radius 2 is 1.68 bits per heavy atom. The van der Waals surface area contributed by atoms with Crippen LogP contribution in [0.1, 0.15) is 24.0 Å². The summed E-state index contributed by atoms with van der Waals surface area (Å²) in [5, 5.41) is 2.49. The molecule has 1 aromatic heterocycles. The van der Waals surface area contributed by atoms with Crippen molar-refractivity contribution >= 4 is 21.7 Å². The quantitative estimate of drug-likeness (QED) is 0.379. The Bertz CT molecular complexity index is 1210. The Kier molecular flexibility index (Phi) is 4.14. The lowest BCUT2D eigenvalue weighted by atomic mass is 9.99. The second-order valence-electron chi connectivity index (χ2n) is 7.45. The molecule has 4 nitrogen and oxygen atoms in total. The van der Waals surface area contributed by atoms with E-state index in [0.29, 0.717) is 30.2 Å². The van der Waals surface area contributed by atoms with Crippen LogP contribution in [0.25, 0.3) is 21.7 Å². The molecule has 0 amide bonds. The second-order valence-corrected chi connectivity index (χ2v) is 7.45. The fraction of sp³-hybridized carbons (Fsp3) is 0.208. The normalized spacial score (nSPS) is 15.3. The largest absolute Gasteiger partial charge is 0.478 e. The molecule has 0 bridgehead atoms. The minimum absolute atomic E-state index is 0.300. The summed E-state index contributed by atoms with van der Waals surface area (Å²) in [5.74, 6) is 1.18.